The number of carbonyl (C=O) groups excluding carboxylic acids is 2. The van der Waals surface area contributed by atoms with Crippen LogP contribution in [0.5, 0.6) is 0 Å². The number of ether oxygens (including phenoxy) is 1. The number of pyridine rings is 1. The number of imidazole rings is 1. The summed E-state index contributed by atoms with van der Waals surface area (Å²) in [5.74, 6) is -2.48. The van der Waals surface area contributed by atoms with E-state index in [-0.39, 0.29) is 36.5 Å². The Morgan fingerprint density at radius 3 is 2.45 bits per heavy atom. The summed E-state index contributed by atoms with van der Waals surface area (Å²) in [5.41, 5.74) is 2.74. The Morgan fingerprint density at radius 2 is 1.82 bits per heavy atom. The molecular weight excluding hydrogens is 650 g/mol. The molecule has 2 saturated carbocycles. The Bertz CT molecular complexity index is 1840. The van der Waals surface area contributed by atoms with E-state index in [1.165, 1.54) is 0 Å². The normalized spacial score (nSPS) is 28.0. The van der Waals surface area contributed by atoms with Crippen molar-refractivity contribution in [1.82, 2.24) is 24.3 Å². The van der Waals surface area contributed by atoms with Gasteiger partial charge in [-0.2, -0.15) is 0 Å². The van der Waals surface area contributed by atoms with Gasteiger partial charge in [0, 0.05) is 55.4 Å². The summed E-state index contributed by atoms with van der Waals surface area (Å²) in [5, 5.41) is 0.385. The summed E-state index contributed by atoms with van der Waals surface area (Å²) in [6, 6.07) is 8.46. The summed E-state index contributed by atoms with van der Waals surface area (Å²) < 4.78 is 36.0. The number of piperidine rings is 1. The SMILES string of the molecule is CC[C@H](C)n1cnc2cc(-c3ccc4c(c3)N(C3CC(N5CC[C@]6(C5)CC6(F)F)C3)C(=O)C43CCN(C(=O)OC(C)(C)C)CC3)nc(Cl)c21. The minimum Gasteiger partial charge on any atom is -0.444 e. The molecule has 9 nitrogen and oxygen atoms in total. The number of aromatic nitrogens is 3. The Kier molecular flexibility index (Phi) is 7.44. The van der Waals surface area contributed by atoms with Crippen molar-refractivity contribution >= 4 is 40.3 Å². The molecule has 5 heterocycles. The van der Waals surface area contributed by atoms with E-state index >= 15 is 0 Å². The van der Waals surface area contributed by atoms with Crippen LogP contribution in [-0.2, 0) is 14.9 Å². The van der Waals surface area contributed by atoms with Crippen LogP contribution in [-0.4, -0.2) is 86.1 Å². The van der Waals surface area contributed by atoms with Gasteiger partial charge in [-0.3, -0.25) is 9.69 Å². The number of carbonyl (C=O) groups is 2. The van der Waals surface area contributed by atoms with Crippen LogP contribution in [0.25, 0.3) is 22.3 Å². The summed E-state index contributed by atoms with van der Waals surface area (Å²) in [6.45, 7) is 11.8. The van der Waals surface area contributed by atoms with Gasteiger partial charge >= 0.3 is 6.09 Å². The monoisotopic (exact) mass is 694 g/mol. The number of benzene rings is 1. The first kappa shape index (κ1) is 32.9. The molecule has 49 heavy (non-hydrogen) atoms. The van der Waals surface area contributed by atoms with Crippen molar-refractivity contribution in [2.24, 2.45) is 5.41 Å². The standard InChI is InChI=1S/C37H45ClF2N6O3/c1-6-22(2)45-21-41-28-18-27(42-31(38)30(28)45)23-7-8-26-29(15-23)46(25-16-24(17-25)44-12-9-35(20-44)19-37(35,39)40)32(47)36(26)10-13-43(14-11-36)33(48)49-34(3,4)5/h7-8,15,18,21-22,24-25H,6,9-14,16-17,19-20H2,1-5H3/t22-,24?,25?,35+/m0/s1. The molecule has 2 atom stereocenters. The summed E-state index contributed by atoms with van der Waals surface area (Å²) >= 11 is 6.80. The van der Waals surface area contributed by atoms with Gasteiger partial charge in [0.2, 0.25) is 5.91 Å². The molecule has 0 bridgehead atoms. The first-order valence-electron chi connectivity index (χ1n) is 17.8. The lowest BCUT2D eigenvalue weighted by atomic mass is 9.73. The Balaban J connectivity index is 1.10. The van der Waals surface area contributed by atoms with E-state index in [0.717, 1.165) is 47.1 Å². The van der Waals surface area contributed by atoms with E-state index < -0.39 is 22.4 Å². The van der Waals surface area contributed by atoms with Gasteiger partial charge in [0.25, 0.3) is 5.92 Å². The van der Waals surface area contributed by atoms with Gasteiger partial charge in [-0.15, -0.1) is 0 Å². The number of halogens is 3. The quantitative estimate of drug-likeness (QED) is 0.256. The van der Waals surface area contributed by atoms with E-state index in [4.69, 9.17) is 21.3 Å². The van der Waals surface area contributed by atoms with Crippen LogP contribution in [0, 0.1) is 5.41 Å². The number of nitrogens with zero attached hydrogens (tertiary/aromatic N) is 6. The molecule has 2 spiro atoms. The van der Waals surface area contributed by atoms with E-state index in [0.29, 0.717) is 56.3 Å². The van der Waals surface area contributed by atoms with Gasteiger partial charge in [-0.25, -0.2) is 23.5 Å². The lowest BCUT2D eigenvalue weighted by Gasteiger charge is -2.46. The second kappa shape index (κ2) is 11.1. The topological polar surface area (TPSA) is 83.8 Å². The Hall–Kier alpha value is -3.31. The highest BCUT2D eigenvalue weighted by molar-refractivity contribution is 6.34. The minimum atomic E-state index is -2.54. The average molecular weight is 695 g/mol. The smallest absolute Gasteiger partial charge is 0.410 e. The third kappa shape index (κ3) is 5.16. The molecule has 3 aromatic rings. The molecular formula is C37H45ClF2N6O3. The zero-order valence-electron chi connectivity index (χ0n) is 28.9. The summed E-state index contributed by atoms with van der Waals surface area (Å²) in [7, 11) is 0. The second-order valence-electron chi connectivity index (χ2n) is 16.2. The van der Waals surface area contributed by atoms with Crippen LogP contribution in [0.1, 0.15) is 91.2 Å². The van der Waals surface area contributed by atoms with Crippen molar-refractivity contribution in [3.8, 4) is 11.3 Å². The number of alkyl halides is 2. The third-order valence-electron chi connectivity index (χ3n) is 12.1. The van der Waals surface area contributed by atoms with E-state index in [9.17, 15) is 18.4 Å². The van der Waals surface area contributed by atoms with Crippen molar-refractivity contribution in [2.45, 2.75) is 115 Å². The number of fused-ring (bicyclic) bond motifs is 3. The fraction of sp³-hybridized carbons (Fsp3) is 0.622. The maximum atomic E-state index is 14.7. The minimum absolute atomic E-state index is 0.00202. The molecule has 12 heteroatoms. The predicted octanol–water partition coefficient (Wildman–Crippen LogP) is 7.60. The van der Waals surface area contributed by atoms with Gasteiger partial charge in [-0.05, 0) is 90.5 Å². The number of anilines is 1. The molecule has 2 amide bonds. The highest BCUT2D eigenvalue weighted by Gasteiger charge is 2.73. The molecule has 8 rings (SSSR count). The molecule has 2 aromatic heterocycles. The van der Waals surface area contributed by atoms with Gasteiger partial charge in [0.05, 0.1) is 28.4 Å². The van der Waals surface area contributed by atoms with Crippen LogP contribution < -0.4 is 4.90 Å². The lowest BCUT2D eigenvalue weighted by molar-refractivity contribution is -0.126. The molecule has 2 saturated heterocycles. The van der Waals surface area contributed by atoms with Crippen LogP contribution in [0.3, 0.4) is 0 Å². The van der Waals surface area contributed by atoms with Crippen molar-refractivity contribution in [1.29, 1.82) is 0 Å². The van der Waals surface area contributed by atoms with Crippen molar-refractivity contribution in [3.63, 3.8) is 0 Å². The van der Waals surface area contributed by atoms with E-state index in [1.54, 1.807) is 4.90 Å². The zero-order chi connectivity index (χ0) is 34.7. The lowest BCUT2D eigenvalue weighted by Crippen LogP contribution is -2.57. The van der Waals surface area contributed by atoms with E-state index in [2.05, 4.69) is 40.4 Å². The molecule has 4 fully saturated rings. The number of hydrogen-bond acceptors (Lipinski definition) is 6. The highest BCUT2D eigenvalue weighted by atomic mass is 35.5. The number of rotatable bonds is 5. The molecule has 5 aliphatic rings. The van der Waals surface area contributed by atoms with Crippen molar-refractivity contribution in [3.05, 3.63) is 41.3 Å². The first-order chi connectivity index (χ1) is 23.2. The fourth-order valence-corrected chi connectivity index (χ4v) is 9.08. The van der Waals surface area contributed by atoms with Gasteiger partial charge in [0.15, 0.2) is 5.15 Å². The Morgan fingerprint density at radius 1 is 1.10 bits per heavy atom. The van der Waals surface area contributed by atoms with Gasteiger partial charge in [-0.1, -0.05) is 30.7 Å². The number of amides is 2. The summed E-state index contributed by atoms with van der Waals surface area (Å²) in [6.07, 6.45) is 5.42. The molecule has 3 aliphatic heterocycles. The number of likely N-dealkylation sites (tertiary alicyclic amines) is 2. The Labute approximate surface area is 290 Å². The highest BCUT2D eigenvalue weighted by Crippen LogP contribution is 2.65. The average Bonchev–Trinajstić information content (AvgIpc) is 3.42. The van der Waals surface area contributed by atoms with Crippen LogP contribution >= 0.6 is 11.6 Å². The molecule has 262 valence electrons. The van der Waals surface area contributed by atoms with Crippen LogP contribution in [0.15, 0.2) is 30.6 Å². The van der Waals surface area contributed by atoms with Crippen LogP contribution in [0.2, 0.25) is 5.15 Å². The second-order valence-corrected chi connectivity index (χ2v) is 16.6. The molecule has 0 N–H and O–H groups in total. The zero-order valence-corrected chi connectivity index (χ0v) is 29.7. The maximum Gasteiger partial charge on any atom is 0.410 e. The fourth-order valence-electron chi connectivity index (χ4n) is 8.79. The predicted molar refractivity (Wildman–Crippen MR) is 184 cm³/mol. The van der Waals surface area contributed by atoms with Crippen molar-refractivity contribution < 1.29 is 23.1 Å². The van der Waals surface area contributed by atoms with Crippen LogP contribution in [0.4, 0.5) is 19.3 Å². The van der Waals surface area contributed by atoms with E-state index in [1.807, 2.05) is 44.1 Å². The largest absolute Gasteiger partial charge is 0.444 e. The third-order valence-corrected chi connectivity index (χ3v) is 12.4. The molecule has 0 radical (unpaired) electrons. The number of hydrogen-bond donors (Lipinski definition) is 0. The molecule has 0 unspecified atom stereocenters. The van der Waals surface area contributed by atoms with Gasteiger partial charge in [0.1, 0.15) is 11.1 Å². The first-order valence-corrected chi connectivity index (χ1v) is 18.1. The summed E-state index contributed by atoms with van der Waals surface area (Å²) in [4.78, 5) is 43.0. The molecule has 2 aliphatic carbocycles. The van der Waals surface area contributed by atoms with Gasteiger partial charge < -0.3 is 19.1 Å². The van der Waals surface area contributed by atoms with Crippen molar-refractivity contribution in [2.75, 3.05) is 31.1 Å². The molecule has 1 aromatic carbocycles. The maximum absolute atomic E-state index is 14.7.